The molecule has 21 heavy (non-hydrogen) atoms. The predicted octanol–water partition coefficient (Wildman–Crippen LogP) is 1.34. The molecule has 0 saturated carbocycles. The molecular formula is C17H27N3O. The molecule has 2 saturated heterocycles. The third kappa shape index (κ3) is 3.29. The zero-order valence-corrected chi connectivity index (χ0v) is 13.0. The largest absolute Gasteiger partial charge is 0.381 e. The number of hydrogen-bond acceptors (Lipinski definition) is 4. The number of hydrogen-bond donors (Lipinski definition) is 1. The second-order valence-electron chi connectivity index (χ2n) is 6.67. The molecule has 0 spiro atoms. The summed E-state index contributed by atoms with van der Waals surface area (Å²) in [4.78, 5) is 5.05. The van der Waals surface area contributed by atoms with Gasteiger partial charge < -0.3 is 15.4 Å². The van der Waals surface area contributed by atoms with Crippen molar-refractivity contribution in [2.75, 3.05) is 53.0 Å². The Morgan fingerprint density at radius 1 is 1.29 bits per heavy atom. The smallest absolute Gasteiger partial charge is 0.0547 e. The van der Waals surface area contributed by atoms with Crippen molar-refractivity contribution in [3.8, 4) is 0 Å². The lowest BCUT2D eigenvalue weighted by molar-refractivity contribution is 0.0417. The summed E-state index contributed by atoms with van der Waals surface area (Å²) in [5.41, 5.74) is 7.65. The van der Waals surface area contributed by atoms with Gasteiger partial charge in [-0.1, -0.05) is 30.3 Å². The fourth-order valence-electron chi connectivity index (χ4n) is 3.57. The van der Waals surface area contributed by atoms with Gasteiger partial charge in [0, 0.05) is 50.8 Å². The van der Waals surface area contributed by atoms with E-state index in [2.05, 4.69) is 47.2 Å². The quantitative estimate of drug-likeness (QED) is 0.908. The first-order valence-electron chi connectivity index (χ1n) is 7.98. The average Bonchev–Trinajstić information content (AvgIpc) is 2.99. The summed E-state index contributed by atoms with van der Waals surface area (Å²) < 4.78 is 5.64. The molecule has 0 radical (unpaired) electrons. The molecule has 2 N–H and O–H groups in total. The monoisotopic (exact) mass is 289 g/mol. The topological polar surface area (TPSA) is 41.7 Å². The Labute approximate surface area is 127 Å². The molecule has 2 unspecified atom stereocenters. The van der Waals surface area contributed by atoms with Crippen LogP contribution in [0.5, 0.6) is 0 Å². The van der Waals surface area contributed by atoms with Crippen molar-refractivity contribution >= 4 is 0 Å². The highest BCUT2D eigenvalue weighted by molar-refractivity contribution is 5.20. The first kappa shape index (κ1) is 15.0. The van der Waals surface area contributed by atoms with E-state index in [1.807, 2.05) is 0 Å². The van der Waals surface area contributed by atoms with Crippen LogP contribution in [0.25, 0.3) is 0 Å². The Morgan fingerprint density at radius 2 is 2.10 bits per heavy atom. The summed E-state index contributed by atoms with van der Waals surface area (Å²) in [6, 6.07) is 11.3. The van der Waals surface area contributed by atoms with Gasteiger partial charge in [-0.05, 0) is 19.0 Å². The minimum absolute atomic E-state index is 0.156. The molecule has 2 fully saturated rings. The minimum Gasteiger partial charge on any atom is -0.381 e. The number of rotatable bonds is 4. The van der Waals surface area contributed by atoms with Crippen LogP contribution in [0.1, 0.15) is 18.0 Å². The van der Waals surface area contributed by atoms with Crippen LogP contribution in [-0.4, -0.2) is 62.8 Å². The lowest BCUT2D eigenvalue weighted by Gasteiger charge is -2.44. The van der Waals surface area contributed by atoms with Gasteiger partial charge in [0.05, 0.1) is 6.61 Å². The number of benzene rings is 1. The van der Waals surface area contributed by atoms with Crippen LogP contribution in [0.15, 0.2) is 30.3 Å². The molecule has 4 heteroatoms. The molecule has 116 valence electrons. The van der Waals surface area contributed by atoms with Crippen molar-refractivity contribution in [1.82, 2.24) is 9.80 Å². The number of ether oxygens (including phenoxy) is 1. The van der Waals surface area contributed by atoms with Gasteiger partial charge >= 0.3 is 0 Å². The molecule has 1 aromatic rings. The average molecular weight is 289 g/mol. The van der Waals surface area contributed by atoms with Crippen molar-refractivity contribution in [2.24, 2.45) is 11.1 Å². The fourth-order valence-corrected chi connectivity index (χ4v) is 3.57. The lowest BCUT2D eigenvalue weighted by Crippen LogP contribution is -2.52. The molecule has 0 bridgehead atoms. The molecular weight excluding hydrogens is 262 g/mol. The number of piperazine rings is 1. The van der Waals surface area contributed by atoms with Crippen molar-refractivity contribution in [2.45, 2.75) is 12.5 Å². The molecule has 2 atom stereocenters. The first-order valence-corrected chi connectivity index (χ1v) is 7.98. The van der Waals surface area contributed by atoms with E-state index in [4.69, 9.17) is 10.5 Å². The Kier molecular flexibility index (Phi) is 4.60. The molecule has 3 rings (SSSR count). The second-order valence-corrected chi connectivity index (χ2v) is 6.67. The zero-order chi connectivity index (χ0) is 14.7. The maximum Gasteiger partial charge on any atom is 0.0547 e. The number of nitrogens with two attached hydrogens (primary N) is 1. The number of nitrogens with zero attached hydrogens (tertiary/aromatic N) is 2. The van der Waals surface area contributed by atoms with Gasteiger partial charge in [0.25, 0.3) is 0 Å². The van der Waals surface area contributed by atoms with Crippen molar-refractivity contribution < 1.29 is 4.74 Å². The molecule has 0 aliphatic carbocycles. The van der Waals surface area contributed by atoms with E-state index in [0.29, 0.717) is 6.04 Å². The highest BCUT2D eigenvalue weighted by Crippen LogP contribution is 2.33. The second kappa shape index (κ2) is 6.44. The van der Waals surface area contributed by atoms with Crippen molar-refractivity contribution in [3.05, 3.63) is 35.9 Å². The van der Waals surface area contributed by atoms with E-state index in [1.54, 1.807) is 0 Å². The van der Waals surface area contributed by atoms with Crippen molar-refractivity contribution in [1.29, 1.82) is 0 Å². The summed E-state index contributed by atoms with van der Waals surface area (Å²) >= 11 is 0. The fraction of sp³-hybridized carbons (Fsp3) is 0.647. The highest BCUT2D eigenvalue weighted by Gasteiger charge is 2.38. The van der Waals surface area contributed by atoms with Gasteiger partial charge in [-0.25, -0.2) is 0 Å². The van der Waals surface area contributed by atoms with E-state index >= 15 is 0 Å². The third-order valence-corrected chi connectivity index (χ3v) is 5.04. The standard InChI is InChI=1S/C17H27N3O/c1-19-8-9-20(13-17(12-18)7-10-21-14-17)16(11-19)15-5-3-2-4-6-15/h2-6,16H,7-14,18H2,1H3. The van der Waals surface area contributed by atoms with Gasteiger partial charge in [-0.3, -0.25) is 4.90 Å². The summed E-state index contributed by atoms with van der Waals surface area (Å²) in [5.74, 6) is 0. The summed E-state index contributed by atoms with van der Waals surface area (Å²) in [6.07, 6.45) is 1.09. The van der Waals surface area contributed by atoms with Crippen molar-refractivity contribution in [3.63, 3.8) is 0 Å². The van der Waals surface area contributed by atoms with E-state index < -0.39 is 0 Å². The summed E-state index contributed by atoms with van der Waals surface area (Å²) in [6.45, 7) is 6.78. The molecule has 2 heterocycles. The van der Waals surface area contributed by atoms with E-state index in [0.717, 1.165) is 52.4 Å². The van der Waals surface area contributed by atoms with Crippen LogP contribution in [0, 0.1) is 5.41 Å². The van der Waals surface area contributed by atoms with Crippen LogP contribution in [0.3, 0.4) is 0 Å². The van der Waals surface area contributed by atoms with Crippen LogP contribution in [-0.2, 0) is 4.74 Å². The minimum atomic E-state index is 0.156. The molecule has 0 aromatic heterocycles. The van der Waals surface area contributed by atoms with Gasteiger partial charge in [0.1, 0.15) is 0 Å². The molecule has 1 aromatic carbocycles. The maximum absolute atomic E-state index is 6.08. The third-order valence-electron chi connectivity index (χ3n) is 5.04. The first-order chi connectivity index (χ1) is 10.2. The number of likely N-dealkylation sites (N-methyl/N-ethyl adjacent to an activating group) is 1. The Balaban J connectivity index is 1.78. The molecule has 4 nitrogen and oxygen atoms in total. The lowest BCUT2D eigenvalue weighted by atomic mass is 9.85. The molecule has 2 aliphatic rings. The predicted molar refractivity (Wildman–Crippen MR) is 85.2 cm³/mol. The Bertz CT molecular complexity index is 445. The Morgan fingerprint density at radius 3 is 2.76 bits per heavy atom. The normalized spacial score (nSPS) is 31.6. The van der Waals surface area contributed by atoms with E-state index in [9.17, 15) is 0 Å². The Hall–Kier alpha value is -0.940. The zero-order valence-electron chi connectivity index (χ0n) is 13.0. The van der Waals surface area contributed by atoms with Gasteiger partial charge in [-0.2, -0.15) is 0 Å². The van der Waals surface area contributed by atoms with Crippen LogP contribution in [0.4, 0.5) is 0 Å². The SMILES string of the molecule is CN1CCN(CC2(CN)CCOC2)C(c2ccccc2)C1. The summed E-state index contributed by atoms with van der Waals surface area (Å²) in [5, 5.41) is 0. The van der Waals surface area contributed by atoms with Crippen LogP contribution in [0.2, 0.25) is 0 Å². The van der Waals surface area contributed by atoms with Gasteiger partial charge in [0.2, 0.25) is 0 Å². The maximum atomic E-state index is 6.08. The van der Waals surface area contributed by atoms with E-state index in [-0.39, 0.29) is 5.41 Å². The summed E-state index contributed by atoms with van der Waals surface area (Å²) in [7, 11) is 2.21. The van der Waals surface area contributed by atoms with Gasteiger partial charge in [-0.15, -0.1) is 0 Å². The molecule has 0 amide bonds. The van der Waals surface area contributed by atoms with Crippen LogP contribution < -0.4 is 5.73 Å². The van der Waals surface area contributed by atoms with E-state index in [1.165, 1.54) is 5.56 Å². The van der Waals surface area contributed by atoms with Gasteiger partial charge in [0.15, 0.2) is 0 Å². The molecule has 2 aliphatic heterocycles. The highest BCUT2D eigenvalue weighted by atomic mass is 16.5. The van der Waals surface area contributed by atoms with Crippen LogP contribution >= 0.6 is 0 Å².